The SMILES string of the molecule is CS(=O)(=O)c1cccc(OCC2CCNC2)c1. The Kier molecular flexibility index (Phi) is 3.69. The van der Waals surface area contributed by atoms with Crippen molar-refractivity contribution in [3.8, 4) is 5.75 Å². The molecule has 0 radical (unpaired) electrons. The number of sulfone groups is 1. The molecule has 0 amide bonds. The summed E-state index contributed by atoms with van der Waals surface area (Å²) in [5.41, 5.74) is 0. The summed E-state index contributed by atoms with van der Waals surface area (Å²) < 4.78 is 28.4. The maximum atomic E-state index is 11.4. The fraction of sp³-hybridized carbons (Fsp3) is 0.500. The molecule has 1 N–H and O–H groups in total. The first-order valence-electron chi connectivity index (χ1n) is 5.69. The predicted molar refractivity (Wildman–Crippen MR) is 66.0 cm³/mol. The van der Waals surface area contributed by atoms with Crippen molar-refractivity contribution < 1.29 is 13.2 Å². The van der Waals surface area contributed by atoms with E-state index in [9.17, 15) is 8.42 Å². The summed E-state index contributed by atoms with van der Waals surface area (Å²) in [7, 11) is -3.16. The zero-order chi connectivity index (χ0) is 12.3. The fourth-order valence-electron chi connectivity index (χ4n) is 1.87. The second kappa shape index (κ2) is 5.06. The summed E-state index contributed by atoms with van der Waals surface area (Å²) in [6.45, 7) is 2.66. The van der Waals surface area contributed by atoms with Gasteiger partial charge in [0, 0.05) is 18.7 Å². The predicted octanol–water partition coefficient (Wildman–Crippen LogP) is 1.08. The summed E-state index contributed by atoms with van der Waals surface area (Å²) in [5.74, 6) is 1.15. The first-order valence-corrected chi connectivity index (χ1v) is 7.58. The Morgan fingerprint density at radius 2 is 2.29 bits per heavy atom. The van der Waals surface area contributed by atoms with E-state index in [0.717, 1.165) is 19.5 Å². The minimum atomic E-state index is -3.16. The largest absolute Gasteiger partial charge is 0.493 e. The van der Waals surface area contributed by atoms with Crippen molar-refractivity contribution in [2.24, 2.45) is 5.92 Å². The molecular formula is C12H17NO3S. The molecule has 0 aromatic heterocycles. The van der Waals surface area contributed by atoms with Crippen LogP contribution in [0.3, 0.4) is 0 Å². The van der Waals surface area contributed by atoms with Crippen LogP contribution in [-0.4, -0.2) is 34.4 Å². The molecule has 4 nitrogen and oxygen atoms in total. The summed E-state index contributed by atoms with van der Waals surface area (Å²) in [4.78, 5) is 0.305. The van der Waals surface area contributed by atoms with E-state index in [1.807, 2.05) is 0 Å². The van der Waals surface area contributed by atoms with Crippen LogP contribution >= 0.6 is 0 Å². The molecule has 1 aliphatic rings. The van der Waals surface area contributed by atoms with E-state index >= 15 is 0 Å². The Bertz CT molecular complexity index is 478. The zero-order valence-corrected chi connectivity index (χ0v) is 10.7. The molecule has 0 bridgehead atoms. The number of rotatable bonds is 4. The van der Waals surface area contributed by atoms with E-state index in [-0.39, 0.29) is 0 Å². The summed E-state index contributed by atoms with van der Waals surface area (Å²) in [6, 6.07) is 6.66. The van der Waals surface area contributed by atoms with Gasteiger partial charge in [0.15, 0.2) is 9.84 Å². The molecule has 0 saturated carbocycles. The van der Waals surface area contributed by atoms with E-state index in [1.165, 1.54) is 6.26 Å². The number of hydrogen-bond donors (Lipinski definition) is 1. The summed E-state index contributed by atoms with van der Waals surface area (Å²) in [5, 5.41) is 3.27. The summed E-state index contributed by atoms with van der Waals surface area (Å²) in [6.07, 6.45) is 2.32. The molecular weight excluding hydrogens is 238 g/mol. The molecule has 1 fully saturated rings. The fourth-order valence-corrected chi connectivity index (χ4v) is 2.52. The lowest BCUT2D eigenvalue weighted by Crippen LogP contribution is -2.15. The standard InChI is InChI=1S/C12H17NO3S/c1-17(14,15)12-4-2-3-11(7-12)16-9-10-5-6-13-8-10/h2-4,7,10,13H,5-6,8-9H2,1H3. The molecule has 0 spiro atoms. The molecule has 0 aliphatic carbocycles. The van der Waals surface area contributed by atoms with Crippen LogP contribution < -0.4 is 10.1 Å². The summed E-state index contributed by atoms with van der Waals surface area (Å²) >= 11 is 0. The minimum Gasteiger partial charge on any atom is -0.493 e. The van der Waals surface area contributed by atoms with Crippen molar-refractivity contribution in [3.05, 3.63) is 24.3 Å². The highest BCUT2D eigenvalue weighted by Crippen LogP contribution is 2.18. The molecule has 94 valence electrons. The van der Waals surface area contributed by atoms with E-state index in [0.29, 0.717) is 23.2 Å². The lowest BCUT2D eigenvalue weighted by Gasteiger charge is -2.11. The van der Waals surface area contributed by atoms with Gasteiger partial charge in [0.25, 0.3) is 0 Å². The van der Waals surface area contributed by atoms with Gasteiger partial charge in [-0.2, -0.15) is 0 Å². The molecule has 1 saturated heterocycles. The Morgan fingerprint density at radius 1 is 1.47 bits per heavy atom. The first kappa shape index (κ1) is 12.4. The monoisotopic (exact) mass is 255 g/mol. The van der Waals surface area contributed by atoms with Gasteiger partial charge in [-0.1, -0.05) is 6.07 Å². The van der Waals surface area contributed by atoms with Crippen molar-refractivity contribution in [3.63, 3.8) is 0 Å². The van der Waals surface area contributed by atoms with Gasteiger partial charge in [-0.05, 0) is 31.2 Å². The van der Waals surface area contributed by atoms with Crippen LogP contribution in [0, 0.1) is 5.92 Å². The smallest absolute Gasteiger partial charge is 0.175 e. The van der Waals surface area contributed by atoms with Crippen molar-refractivity contribution in [2.45, 2.75) is 11.3 Å². The Hall–Kier alpha value is -1.07. The normalized spacial score (nSPS) is 20.4. The second-order valence-electron chi connectivity index (χ2n) is 4.42. The average Bonchev–Trinajstić information content (AvgIpc) is 2.78. The van der Waals surface area contributed by atoms with Gasteiger partial charge < -0.3 is 10.1 Å². The van der Waals surface area contributed by atoms with E-state index in [2.05, 4.69) is 5.32 Å². The molecule has 1 heterocycles. The Balaban J connectivity index is 2.01. The third-order valence-electron chi connectivity index (χ3n) is 2.88. The van der Waals surface area contributed by atoms with Crippen LogP contribution in [0.2, 0.25) is 0 Å². The van der Waals surface area contributed by atoms with Gasteiger partial charge in [0.05, 0.1) is 11.5 Å². The number of hydrogen-bond acceptors (Lipinski definition) is 4. The third-order valence-corrected chi connectivity index (χ3v) is 3.99. The average molecular weight is 255 g/mol. The highest BCUT2D eigenvalue weighted by atomic mass is 32.2. The van der Waals surface area contributed by atoms with Gasteiger partial charge in [0.1, 0.15) is 5.75 Å². The van der Waals surface area contributed by atoms with Crippen molar-refractivity contribution >= 4 is 9.84 Å². The van der Waals surface area contributed by atoms with Crippen LogP contribution in [0.5, 0.6) is 5.75 Å². The third kappa shape index (κ3) is 3.44. The van der Waals surface area contributed by atoms with Gasteiger partial charge in [-0.3, -0.25) is 0 Å². The lowest BCUT2D eigenvalue weighted by atomic mass is 10.1. The number of benzene rings is 1. The Labute approximate surface area is 102 Å². The molecule has 1 unspecified atom stereocenters. The van der Waals surface area contributed by atoms with Crippen LogP contribution in [0.25, 0.3) is 0 Å². The van der Waals surface area contributed by atoms with Gasteiger partial charge in [-0.15, -0.1) is 0 Å². The molecule has 1 aromatic carbocycles. The molecule has 1 atom stereocenters. The van der Waals surface area contributed by atoms with Crippen LogP contribution in [0.15, 0.2) is 29.2 Å². The molecule has 17 heavy (non-hydrogen) atoms. The van der Waals surface area contributed by atoms with Crippen LogP contribution in [-0.2, 0) is 9.84 Å². The molecule has 2 rings (SSSR count). The second-order valence-corrected chi connectivity index (χ2v) is 6.43. The van der Waals surface area contributed by atoms with E-state index in [1.54, 1.807) is 24.3 Å². The van der Waals surface area contributed by atoms with E-state index < -0.39 is 9.84 Å². The van der Waals surface area contributed by atoms with Gasteiger partial charge >= 0.3 is 0 Å². The molecule has 1 aliphatic heterocycles. The number of nitrogens with one attached hydrogen (secondary N) is 1. The zero-order valence-electron chi connectivity index (χ0n) is 9.85. The topological polar surface area (TPSA) is 55.4 Å². The maximum Gasteiger partial charge on any atom is 0.175 e. The highest BCUT2D eigenvalue weighted by Gasteiger charge is 2.15. The molecule has 5 heteroatoms. The van der Waals surface area contributed by atoms with Gasteiger partial charge in [0.2, 0.25) is 0 Å². The van der Waals surface area contributed by atoms with Crippen molar-refractivity contribution in [1.29, 1.82) is 0 Å². The minimum absolute atomic E-state index is 0.305. The van der Waals surface area contributed by atoms with Crippen molar-refractivity contribution in [1.82, 2.24) is 5.32 Å². The van der Waals surface area contributed by atoms with Crippen LogP contribution in [0.1, 0.15) is 6.42 Å². The van der Waals surface area contributed by atoms with Crippen LogP contribution in [0.4, 0.5) is 0 Å². The van der Waals surface area contributed by atoms with E-state index in [4.69, 9.17) is 4.74 Å². The Morgan fingerprint density at radius 3 is 2.94 bits per heavy atom. The lowest BCUT2D eigenvalue weighted by molar-refractivity contribution is 0.259. The maximum absolute atomic E-state index is 11.4. The first-order chi connectivity index (χ1) is 8.05. The highest BCUT2D eigenvalue weighted by molar-refractivity contribution is 7.90. The quantitative estimate of drug-likeness (QED) is 0.874. The molecule has 1 aromatic rings. The van der Waals surface area contributed by atoms with Crippen molar-refractivity contribution in [2.75, 3.05) is 26.0 Å². The number of ether oxygens (including phenoxy) is 1. The van der Waals surface area contributed by atoms with Gasteiger partial charge in [-0.25, -0.2) is 8.42 Å².